The van der Waals surface area contributed by atoms with E-state index in [4.69, 9.17) is 11.6 Å². The summed E-state index contributed by atoms with van der Waals surface area (Å²) in [7, 11) is 0. The van der Waals surface area contributed by atoms with Gasteiger partial charge in [0.05, 0.1) is 5.71 Å². The van der Waals surface area contributed by atoms with Crippen LogP contribution in [0.4, 0.5) is 4.79 Å². The molecule has 2 rings (SSSR count). The Labute approximate surface area is 151 Å². The highest BCUT2D eigenvalue weighted by atomic mass is 35.5. The average molecular weight is 365 g/mol. The maximum absolute atomic E-state index is 12.0. The van der Waals surface area contributed by atoms with Gasteiger partial charge in [0.1, 0.15) is 5.54 Å². The fourth-order valence-corrected chi connectivity index (χ4v) is 2.54. The molecule has 8 heteroatoms. The summed E-state index contributed by atoms with van der Waals surface area (Å²) in [5.74, 6) is -0.713. The van der Waals surface area contributed by atoms with E-state index in [1.807, 2.05) is 19.1 Å². The Morgan fingerprint density at radius 3 is 2.44 bits per heavy atom. The normalized spacial score (nSPS) is 16.8. The molecule has 0 atom stereocenters. The molecular formula is C17H21ClN4O3. The first-order valence-electron chi connectivity index (χ1n) is 8.00. The Hall–Kier alpha value is -2.41. The maximum atomic E-state index is 12.0. The third kappa shape index (κ3) is 4.57. The predicted octanol–water partition coefficient (Wildman–Crippen LogP) is 2.29. The lowest BCUT2D eigenvalue weighted by Crippen LogP contribution is -2.40. The summed E-state index contributed by atoms with van der Waals surface area (Å²) < 4.78 is 0. The number of rotatable bonds is 6. The summed E-state index contributed by atoms with van der Waals surface area (Å²) in [6.45, 7) is 5.18. The molecule has 1 aliphatic rings. The van der Waals surface area contributed by atoms with Gasteiger partial charge in [-0.3, -0.25) is 14.5 Å². The van der Waals surface area contributed by atoms with Crippen LogP contribution in [-0.4, -0.2) is 40.5 Å². The highest BCUT2D eigenvalue weighted by Gasteiger charge is 2.43. The molecule has 7 nitrogen and oxygen atoms in total. The minimum absolute atomic E-state index is 0.0118. The molecule has 2 N–H and O–H groups in total. The molecule has 1 fully saturated rings. The van der Waals surface area contributed by atoms with Gasteiger partial charge in [-0.1, -0.05) is 30.7 Å². The number of imide groups is 1. The zero-order valence-electron chi connectivity index (χ0n) is 14.4. The van der Waals surface area contributed by atoms with Crippen LogP contribution in [0, 0.1) is 0 Å². The van der Waals surface area contributed by atoms with Crippen molar-refractivity contribution in [3.63, 3.8) is 0 Å². The van der Waals surface area contributed by atoms with E-state index in [0.29, 0.717) is 17.2 Å². The van der Waals surface area contributed by atoms with Crippen molar-refractivity contribution in [1.82, 2.24) is 15.6 Å². The van der Waals surface area contributed by atoms with Gasteiger partial charge >= 0.3 is 6.03 Å². The van der Waals surface area contributed by atoms with Gasteiger partial charge in [0.15, 0.2) is 0 Å². The summed E-state index contributed by atoms with van der Waals surface area (Å²) in [6, 6.07) is 6.67. The van der Waals surface area contributed by atoms with Gasteiger partial charge in [0.2, 0.25) is 5.91 Å². The molecule has 134 valence electrons. The van der Waals surface area contributed by atoms with Crippen LogP contribution in [0.5, 0.6) is 0 Å². The number of nitrogens with one attached hydrogen (secondary N) is 2. The number of hydrogen-bond donors (Lipinski definition) is 2. The first kappa shape index (κ1) is 18.9. The number of amides is 4. The van der Waals surface area contributed by atoms with Crippen molar-refractivity contribution in [3.05, 3.63) is 34.9 Å². The molecule has 4 amide bonds. The van der Waals surface area contributed by atoms with Crippen LogP contribution >= 0.6 is 11.6 Å². The summed E-state index contributed by atoms with van der Waals surface area (Å²) in [5, 5.41) is 7.32. The smallest absolute Gasteiger partial charge is 0.324 e. The Morgan fingerprint density at radius 2 is 1.92 bits per heavy atom. The highest BCUT2D eigenvalue weighted by molar-refractivity contribution is 6.30. The summed E-state index contributed by atoms with van der Waals surface area (Å²) in [6.07, 6.45) is 0.611. The van der Waals surface area contributed by atoms with Crippen LogP contribution in [0.2, 0.25) is 5.02 Å². The minimum Gasteiger partial charge on any atom is -0.324 e. The van der Waals surface area contributed by atoms with Gasteiger partial charge in [0.25, 0.3) is 5.91 Å². The lowest BCUT2D eigenvalue weighted by Gasteiger charge is -2.15. The van der Waals surface area contributed by atoms with Gasteiger partial charge in [-0.15, -0.1) is 0 Å². The van der Waals surface area contributed by atoms with Gasteiger partial charge in [0, 0.05) is 18.0 Å². The molecule has 0 aliphatic carbocycles. The number of nitrogens with zero attached hydrogens (tertiary/aromatic N) is 2. The zero-order valence-corrected chi connectivity index (χ0v) is 15.2. The fourth-order valence-electron chi connectivity index (χ4n) is 2.41. The number of halogens is 1. The van der Waals surface area contributed by atoms with Gasteiger partial charge < -0.3 is 5.32 Å². The number of carbonyl (C=O) groups is 3. The Kier molecular flexibility index (Phi) is 5.79. The highest BCUT2D eigenvalue weighted by Crippen LogP contribution is 2.16. The number of hydrazone groups is 1. The number of benzene rings is 1. The minimum atomic E-state index is -0.935. The molecule has 0 spiro atoms. The van der Waals surface area contributed by atoms with Crippen molar-refractivity contribution in [3.8, 4) is 0 Å². The van der Waals surface area contributed by atoms with Gasteiger partial charge in [-0.2, -0.15) is 5.10 Å². The standard InChI is InChI=1S/C17H21ClN4O3/c1-4-13(11-5-7-12(18)8-6-11)20-21-14(23)9-10-22-15(24)17(2,3)19-16(22)25/h5-8H,4,9-10H2,1-3H3,(H,19,25)(H,21,23)/b20-13-. The predicted molar refractivity (Wildman–Crippen MR) is 95.4 cm³/mol. The molecule has 1 aromatic rings. The first-order valence-corrected chi connectivity index (χ1v) is 8.38. The number of urea groups is 1. The van der Waals surface area contributed by atoms with Crippen molar-refractivity contribution in [1.29, 1.82) is 0 Å². The molecule has 1 aliphatic heterocycles. The third-order valence-corrected chi connectivity index (χ3v) is 4.09. The van der Waals surface area contributed by atoms with Crippen LogP contribution < -0.4 is 10.7 Å². The van der Waals surface area contributed by atoms with Crippen LogP contribution in [0.15, 0.2) is 29.4 Å². The molecule has 0 saturated carbocycles. The van der Waals surface area contributed by atoms with Crippen LogP contribution in [0.25, 0.3) is 0 Å². The topological polar surface area (TPSA) is 90.9 Å². The maximum Gasteiger partial charge on any atom is 0.325 e. The Morgan fingerprint density at radius 1 is 1.28 bits per heavy atom. The van der Waals surface area contributed by atoms with E-state index in [1.165, 1.54) is 0 Å². The second-order valence-corrected chi connectivity index (χ2v) is 6.65. The lowest BCUT2D eigenvalue weighted by atomic mass is 10.1. The van der Waals surface area contributed by atoms with E-state index in [1.54, 1.807) is 26.0 Å². The van der Waals surface area contributed by atoms with Crippen molar-refractivity contribution < 1.29 is 14.4 Å². The molecule has 0 unspecified atom stereocenters. The van der Waals surface area contributed by atoms with Crippen molar-refractivity contribution >= 4 is 35.2 Å². The summed E-state index contributed by atoms with van der Waals surface area (Å²) in [4.78, 5) is 36.8. The molecule has 1 aromatic carbocycles. The van der Waals surface area contributed by atoms with Crippen molar-refractivity contribution in [2.75, 3.05) is 6.54 Å². The first-order chi connectivity index (χ1) is 11.7. The molecule has 1 saturated heterocycles. The molecule has 0 aromatic heterocycles. The number of hydrogen-bond acceptors (Lipinski definition) is 4. The van der Waals surface area contributed by atoms with Crippen molar-refractivity contribution in [2.24, 2.45) is 5.10 Å². The molecule has 0 radical (unpaired) electrons. The second kappa shape index (κ2) is 7.65. The summed E-state index contributed by atoms with van der Waals surface area (Å²) >= 11 is 5.86. The van der Waals surface area contributed by atoms with Gasteiger partial charge in [-0.25, -0.2) is 10.2 Å². The Balaban J connectivity index is 1.92. The quantitative estimate of drug-likeness (QED) is 0.461. The molecular weight excluding hydrogens is 344 g/mol. The summed E-state index contributed by atoms with van der Waals surface area (Å²) in [5.41, 5.74) is 3.11. The molecule has 1 heterocycles. The monoisotopic (exact) mass is 364 g/mol. The SMILES string of the molecule is CC/C(=N/NC(=O)CCN1C(=O)NC(C)(C)C1=O)c1ccc(Cl)cc1. The van der Waals surface area contributed by atoms with E-state index in [0.717, 1.165) is 10.5 Å². The second-order valence-electron chi connectivity index (χ2n) is 6.22. The molecule has 0 bridgehead atoms. The van der Waals surface area contributed by atoms with E-state index in [9.17, 15) is 14.4 Å². The average Bonchev–Trinajstić information content (AvgIpc) is 2.75. The van der Waals surface area contributed by atoms with E-state index < -0.39 is 11.6 Å². The van der Waals surface area contributed by atoms with E-state index >= 15 is 0 Å². The van der Waals surface area contributed by atoms with Crippen molar-refractivity contribution in [2.45, 2.75) is 39.2 Å². The third-order valence-electron chi connectivity index (χ3n) is 3.83. The van der Waals surface area contributed by atoms with Crippen LogP contribution in [-0.2, 0) is 9.59 Å². The van der Waals surface area contributed by atoms with Gasteiger partial charge in [-0.05, 0) is 38.0 Å². The zero-order chi connectivity index (χ0) is 18.6. The van der Waals surface area contributed by atoms with Crippen LogP contribution in [0.1, 0.15) is 39.2 Å². The number of carbonyl (C=O) groups excluding carboxylic acids is 3. The largest absolute Gasteiger partial charge is 0.325 e. The lowest BCUT2D eigenvalue weighted by molar-refractivity contribution is -0.130. The molecule has 25 heavy (non-hydrogen) atoms. The van der Waals surface area contributed by atoms with Crippen LogP contribution in [0.3, 0.4) is 0 Å². The Bertz CT molecular complexity index is 713. The fraction of sp³-hybridized carbons (Fsp3) is 0.412. The van der Waals surface area contributed by atoms with E-state index in [-0.39, 0.29) is 24.8 Å². The van der Waals surface area contributed by atoms with E-state index in [2.05, 4.69) is 15.8 Å².